The molecule has 4 N–H and O–H groups in total. The van der Waals surface area contributed by atoms with E-state index < -0.39 is 17.8 Å². The van der Waals surface area contributed by atoms with Crippen molar-refractivity contribution in [2.45, 2.75) is 38.6 Å². The highest BCUT2D eigenvalue weighted by Crippen LogP contribution is 2.30. The minimum Gasteiger partial charge on any atom is -0.492 e. The Bertz CT molecular complexity index is 844. The largest absolute Gasteiger partial charge is 0.492 e. The number of halogens is 3. The highest BCUT2D eigenvalue weighted by Gasteiger charge is 2.30. The number of carbonyl (C=O) groups excluding carboxylic acids is 1. The van der Waals surface area contributed by atoms with Gasteiger partial charge in [-0.05, 0) is 55.7 Å². The van der Waals surface area contributed by atoms with E-state index in [1.54, 1.807) is 0 Å². The molecule has 0 aromatic heterocycles. The average molecular weight is 454 g/mol. The third-order valence-electron chi connectivity index (χ3n) is 4.72. The summed E-state index contributed by atoms with van der Waals surface area (Å²) in [5, 5.41) is 18.7. The summed E-state index contributed by atoms with van der Waals surface area (Å²) in [6.07, 6.45) is -4.80. The van der Waals surface area contributed by atoms with Crippen LogP contribution >= 0.6 is 0 Å². The summed E-state index contributed by atoms with van der Waals surface area (Å²) in [4.78, 5) is 11.3. The summed E-state index contributed by atoms with van der Waals surface area (Å²) in [6, 6.07) is 12.0. The number of nitrogens with one attached hydrogen (secondary N) is 3. The topological polar surface area (TPSA) is 82.6 Å². The lowest BCUT2D eigenvalue weighted by Crippen LogP contribution is -2.37. The molecular weight excluding hydrogens is 423 g/mol. The molecule has 32 heavy (non-hydrogen) atoms. The molecule has 2 unspecified atom stereocenters. The zero-order chi connectivity index (χ0) is 23.6. The summed E-state index contributed by atoms with van der Waals surface area (Å²) >= 11 is 0. The number of hydrogen-bond donors (Lipinski definition) is 4. The zero-order valence-corrected chi connectivity index (χ0v) is 18.2. The Labute approximate surface area is 186 Å². The molecule has 2 aromatic carbocycles. The van der Waals surface area contributed by atoms with Crippen molar-refractivity contribution in [3.8, 4) is 5.75 Å². The van der Waals surface area contributed by atoms with Crippen LogP contribution < -0.4 is 20.7 Å². The number of aliphatic hydroxyl groups excluding tert-OH is 1. The molecule has 0 spiro atoms. The Kier molecular flexibility index (Phi) is 9.80. The molecule has 2 aromatic rings. The Morgan fingerprint density at radius 1 is 1.12 bits per heavy atom. The van der Waals surface area contributed by atoms with Crippen molar-refractivity contribution in [3.05, 3.63) is 65.2 Å². The van der Waals surface area contributed by atoms with Crippen LogP contribution in [0.2, 0.25) is 0 Å². The number of carbonyl (C=O) groups is 1. The molecule has 0 aliphatic heterocycles. The quantitative estimate of drug-likeness (QED) is 0.392. The van der Waals surface area contributed by atoms with Gasteiger partial charge in [0.25, 0.3) is 0 Å². The van der Waals surface area contributed by atoms with Gasteiger partial charge in [-0.25, -0.2) is 4.79 Å². The van der Waals surface area contributed by atoms with Crippen molar-refractivity contribution < 1.29 is 27.8 Å². The maximum atomic E-state index is 12.8. The van der Waals surface area contributed by atoms with Gasteiger partial charge in [-0.1, -0.05) is 24.3 Å². The number of alkyl halides is 3. The highest BCUT2D eigenvalue weighted by molar-refractivity contribution is 5.73. The minimum absolute atomic E-state index is 0.00324. The summed E-state index contributed by atoms with van der Waals surface area (Å²) in [5.41, 5.74) is 0.499. The van der Waals surface area contributed by atoms with Crippen molar-refractivity contribution in [1.29, 1.82) is 0 Å². The fourth-order valence-electron chi connectivity index (χ4n) is 3.06. The van der Waals surface area contributed by atoms with Crippen LogP contribution in [0.1, 0.15) is 36.6 Å². The summed E-state index contributed by atoms with van der Waals surface area (Å²) in [6.45, 7) is 5.22. The van der Waals surface area contributed by atoms with E-state index in [9.17, 15) is 23.1 Å². The smallest absolute Gasteiger partial charge is 0.416 e. The predicted molar refractivity (Wildman–Crippen MR) is 117 cm³/mol. The van der Waals surface area contributed by atoms with E-state index in [0.29, 0.717) is 31.9 Å². The number of ether oxygens (including phenoxy) is 1. The number of hydrogen-bond acceptors (Lipinski definition) is 4. The predicted octanol–water partition coefficient (Wildman–Crippen LogP) is 3.66. The lowest BCUT2D eigenvalue weighted by atomic mass is 10.0. The van der Waals surface area contributed by atoms with Crippen LogP contribution in [0.25, 0.3) is 0 Å². The first kappa shape index (κ1) is 25.5. The maximum Gasteiger partial charge on any atom is 0.416 e. The van der Waals surface area contributed by atoms with Crippen LogP contribution in [0, 0.1) is 0 Å². The molecule has 6 nitrogen and oxygen atoms in total. The van der Waals surface area contributed by atoms with Gasteiger partial charge in [0.15, 0.2) is 0 Å². The normalized spacial score (nSPS) is 13.3. The van der Waals surface area contributed by atoms with E-state index in [1.807, 2.05) is 38.1 Å². The molecule has 0 fully saturated rings. The maximum absolute atomic E-state index is 12.8. The van der Waals surface area contributed by atoms with E-state index in [2.05, 4.69) is 16.0 Å². The van der Waals surface area contributed by atoms with Crippen molar-refractivity contribution in [2.75, 3.05) is 26.2 Å². The van der Waals surface area contributed by atoms with E-state index in [4.69, 9.17) is 4.74 Å². The first-order valence-corrected chi connectivity index (χ1v) is 10.5. The number of amides is 2. The molecule has 0 aliphatic rings. The van der Waals surface area contributed by atoms with Gasteiger partial charge < -0.3 is 25.8 Å². The zero-order valence-electron chi connectivity index (χ0n) is 18.2. The minimum atomic E-state index is -4.44. The van der Waals surface area contributed by atoms with Crippen LogP contribution in [0.3, 0.4) is 0 Å². The number of urea groups is 1. The molecule has 0 radical (unpaired) electrons. The van der Waals surface area contributed by atoms with Gasteiger partial charge in [0.2, 0.25) is 0 Å². The summed E-state index contributed by atoms with van der Waals surface area (Å²) in [7, 11) is 0. The second-order valence-electron chi connectivity index (χ2n) is 7.43. The highest BCUT2D eigenvalue weighted by atomic mass is 19.4. The molecule has 2 amide bonds. The fourth-order valence-corrected chi connectivity index (χ4v) is 3.06. The number of aliphatic hydroxyl groups is 1. The molecule has 0 saturated carbocycles. The monoisotopic (exact) mass is 453 g/mol. The molecule has 0 bridgehead atoms. The van der Waals surface area contributed by atoms with Crippen molar-refractivity contribution in [1.82, 2.24) is 16.0 Å². The SMILES string of the molecule is CCNC(=O)NCCOc1ccc(CC(C)NCC(O)c2cccc(C(F)(F)F)c2)cc1. The Morgan fingerprint density at radius 2 is 1.84 bits per heavy atom. The molecule has 9 heteroatoms. The van der Waals surface area contributed by atoms with E-state index in [0.717, 1.165) is 17.7 Å². The number of benzene rings is 2. The molecule has 0 aliphatic carbocycles. The number of rotatable bonds is 11. The van der Waals surface area contributed by atoms with Gasteiger partial charge in [0, 0.05) is 19.1 Å². The molecular formula is C23H30F3N3O3. The first-order valence-electron chi connectivity index (χ1n) is 10.5. The fraction of sp³-hybridized carbons (Fsp3) is 0.435. The Morgan fingerprint density at radius 3 is 2.50 bits per heavy atom. The molecule has 0 saturated heterocycles. The lowest BCUT2D eigenvalue weighted by Gasteiger charge is -2.18. The second kappa shape index (κ2) is 12.3. The van der Waals surface area contributed by atoms with Gasteiger partial charge in [-0.15, -0.1) is 0 Å². The van der Waals surface area contributed by atoms with E-state index in [1.165, 1.54) is 12.1 Å². The molecule has 0 heterocycles. The van der Waals surface area contributed by atoms with Gasteiger partial charge in [-0.2, -0.15) is 13.2 Å². The van der Waals surface area contributed by atoms with Crippen molar-refractivity contribution >= 4 is 6.03 Å². The molecule has 176 valence electrons. The average Bonchev–Trinajstić information content (AvgIpc) is 2.76. The van der Waals surface area contributed by atoms with Crippen molar-refractivity contribution in [2.24, 2.45) is 0 Å². The Hall–Kier alpha value is -2.78. The van der Waals surface area contributed by atoms with E-state index in [-0.39, 0.29) is 24.2 Å². The van der Waals surface area contributed by atoms with Crippen LogP contribution in [0.15, 0.2) is 48.5 Å². The van der Waals surface area contributed by atoms with Crippen LogP contribution in [0.4, 0.5) is 18.0 Å². The van der Waals surface area contributed by atoms with Crippen LogP contribution in [-0.2, 0) is 12.6 Å². The lowest BCUT2D eigenvalue weighted by molar-refractivity contribution is -0.137. The van der Waals surface area contributed by atoms with Crippen molar-refractivity contribution in [3.63, 3.8) is 0 Å². The van der Waals surface area contributed by atoms with Crippen LogP contribution in [0.5, 0.6) is 5.75 Å². The third-order valence-corrected chi connectivity index (χ3v) is 4.72. The van der Waals surface area contributed by atoms with Gasteiger partial charge in [-0.3, -0.25) is 0 Å². The Balaban J connectivity index is 1.75. The standard InChI is InChI=1S/C23H30F3N3O3/c1-3-27-22(31)28-11-12-32-20-9-7-17(8-10-20)13-16(2)29-15-21(30)18-5-4-6-19(14-18)23(24,25)26/h4-10,14,16,21,29-30H,3,11-13,15H2,1-2H3,(H2,27,28,31). The van der Waals surface area contributed by atoms with E-state index >= 15 is 0 Å². The van der Waals surface area contributed by atoms with Gasteiger partial charge in [0.1, 0.15) is 12.4 Å². The van der Waals surface area contributed by atoms with Crippen LogP contribution in [-0.4, -0.2) is 43.4 Å². The van der Waals surface area contributed by atoms with Gasteiger partial charge in [0.05, 0.1) is 18.2 Å². The second-order valence-corrected chi connectivity index (χ2v) is 7.43. The first-order chi connectivity index (χ1) is 15.2. The summed E-state index contributed by atoms with van der Waals surface area (Å²) in [5.74, 6) is 0.687. The molecule has 2 rings (SSSR count). The summed E-state index contributed by atoms with van der Waals surface area (Å²) < 4.78 is 44.1. The molecule has 2 atom stereocenters. The van der Waals surface area contributed by atoms with Gasteiger partial charge >= 0.3 is 12.2 Å². The third kappa shape index (κ3) is 8.76.